The zero-order valence-corrected chi connectivity index (χ0v) is 13.4. The predicted octanol–water partition coefficient (Wildman–Crippen LogP) is 4.60. The van der Waals surface area contributed by atoms with Crippen LogP contribution in [0, 0.1) is 6.92 Å². The molecule has 0 amide bonds. The molecule has 0 fully saturated rings. The summed E-state index contributed by atoms with van der Waals surface area (Å²) in [6.45, 7) is 5.42. The van der Waals surface area contributed by atoms with Crippen molar-refractivity contribution in [1.82, 2.24) is 5.32 Å². The van der Waals surface area contributed by atoms with E-state index < -0.39 is 0 Å². The van der Waals surface area contributed by atoms with Gasteiger partial charge in [0.2, 0.25) is 0 Å². The number of rotatable bonds is 8. The minimum absolute atomic E-state index is 0.625. The van der Waals surface area contributed by atoms with E-state index in [1.807, 2.05) is 0 Å². The third kappa shape index (κ3) is 5.10. The average Bonchev–Trinajstić information content (AvgIpc) is 2.95. The Bertz CT molecular complexity index is 490. The number of aryl methyl sites for hydroxylation is 3. The van der Waals surface area contributed by atoms with Crippen molar-refractivity contribution in [3.63, 3.8) is 0 Å². The maximum Gasteiger partial charge on any atom is 0.00732 e. The van der Waals surface area contributed by atoms with Crippen molar-refractivity contribution in [2.45, 2.75) is 45.6 Å². The standard InChI is InChI=1S/C18H25NS/c1-3-19-18(10-8-17-11-12-20-14-17)9-7-16-6-4-5-15(2)13-16/h4-6,11-14,18-19H,3,7-10H2,1-2H3. The molecule has 0 bridgehead atoms. The van der Waals surface area contributed by atoms with Gasteiger partial charge in [0.15, 0.2) is 0 Å². The molecule has 1 aromatic carbocycles. The Hall–Kier alpha value is -1.12. The summed E-state index contributed by atoms with van der Waals surface area (Å²) in [5, 5.41) is 8.07. The summed E-state index contributed by atoms with van der Waals surface area (Å²) in [7, 11) is 0. The lowest BCUT2D eigenvalue weighted by Gasteiger charge is -2.17. The molecule has 0 saturated carbocycles. The fraction of sp³-hybridized carbons (Fsp3) is 0.444. The molecular formula is C18H25NS. The summed E-state index contributed by atoms with van der Waals surface area (Å²) in [4.78, 5) is 0. The van der Waals surface area contributed by atoms with Crippen LogP contribution in [0.15, 0.2) is 41.1 Å². The summed E-state index contributed by atoms with van der Waals surface area (Å²) >= 11 is 1.80. The molecule has 2 rings (SSSR count). The fourth-order valence-corrected chi connectivity index (χ4v) is 3.32. The van der Waals surface area contributed by atoms with Crippen LogP contribution in [0.2, 0.25) is 0 Å². The Morgan fingerprint density at radius 2 is 1.90 bits per heavy atom. The van der Waals surface area contributed by atoms with Crippen LogP contribution < -0.4 is 5.32 Å². The summed E-state index contributed by atoms with van der Waals surface area (Å²) in [6.07, 6.45) is 4.82. The van der Waals surface area contributed by atoms with E-state index in [4.69, 9.17) is 0 Å². The summed E-state index contributed by atoms with van der Waals surface area (Å²) < 4.78 is 0. The van der Waals surface area contributed by atoms with Crippen molar-refractivity contribution >= 4 is 11.3 Å². The van der Waals surface area contributed by atoms with Crippen LogP contribution in [0.5, 0.6) is 0 Å². The van der Waals surface area contributed by atoms with Crippen molar-refractivity contribution in [2.24, 2.45) is 0 Å². The van der Waals surface area contributed by atoms with Crippen LogP contribution in [-0.4, -0.2) is 12.6 Å². The van der Waals surface area contributed by atoms with E-state index in [9.17, 15) is 0 Å². The highest BCUT2D eigenvalue weighted by Crippen LogP contribution is 2.14. The third-order valence-corrected chi connectivity index (χ3v) is 4.45. The molecule has 2 aromatic rings. The Kier molecular flexibility index (Phi) is 6.28. The Labute approximate surface area is 127 Å². The van der Waals surface area contributed by atoms with Gasteiger partial charge in [0.25, 0.3) is 0 Å². The SMILES string of the molecule is CCNC(CCc1ccsc1)CCc1cccc(C)c1. The van der Waals surface area contributed by atoms with Gasteiger partial charge in [-0.25, -0.2) is 0 Å². The molecule has 1 atom stereocenters. The lowest BCUT2D eigenvalue weighted by Crippen LogP contribution is -2.29. The highest BCUT2D eigenvalue weighted by atomic mass is 32.1. The lowest BCUT2D eigenvalue weighted by atomic mass is 9.99. The second kappa shape index (κ2) is 8.23. The van der Waals surface area contributed by atoms with E-state index in [0.29, 0.717) is 6.04 Å². The molecule has 1 N–H and O–H groups in total. The van der Waals surface area contributed by atoms with Crippen LogP contribution in [0.25, 0.3) is 0 Å². The first kappa shape index (κ1) is 15.3. The van der Waals surface area contributed by atoms with E-state index in [1.165, 1.54) is 42.4 Å². The summed E-state index contributed by atoms with van der Waals surface area (Å²) in [5.74, 6) is 0. The Morgan fingerprint density at radius 3 is 2.55 bits per heavy atom. The van der Waals surface area contributed by atoms with E-state index in [-0.39, 0.29) is 0 Å². The van der Waals surface area contributed by atoms with Crippen LogP contribution in [0.3, 0.4) is 0 Å². The van der Waals surface area contributed by atoms with Gasteiger partial charge in [0.05, 0.1) is 0 Å². The quantitative estimate of drug-likeness (QED) is 0.748. The van der Waals surface area contributed by atoms with Crippen LogP contribution in [0.4, 0.5) is 0 Å². The van der Waals surface area contributed by atoms with E-state index in [0.717, 1.165) is 6.54 Å². The molecule has 0 spiro atoms. The van der Waals surface area contributed by atoms with Crippen LogP contribution in [0.1, 0.15) is 36.5 Å². The maximum atomic E-state index is 3.63. The zero-order chi connectivity index (χ0) is 14.2. The largest absolute Gasteiger partial charge is 0.314 e. The third-order valence-electron chi connectivity index (χ3n) is 3.72. The lowest BCUT2D eigenvalue weighted by molar-refractivity contribution is 0.464. The highest BCUT2D eigenvalue weighted by molar-refractivity contribution is 7.07. The zero-order valence-electron chi connectivity index (χ0n) is 12.6. The highest BCUT2D eigenvalue weighted by Gasteiger charge is 2.08. The average molecular weight is 287 g/mol. The molecule has 0 aliphatic carbocycles. The molecular weight excluding hydrogens is 262 g/mol. The fourth-order valence-electron chi connectivity index (χ4n) is 2.62. The predicted molar refractivity (Wildman–Crippen MR) is 89.6 cm³/mol. The van der Waals surface area contributed by atoms with Crippen molar-refractivity contribution in [3.05, 3.63) is 57.8 Å². The number of hydrogen-bond acceptors (Lipinski definition) is 2. The molecule has 0 radical (unpaired) electrons. The van der Waals surface area contributed by atoms with Gasteiger partial charge in [-0.2, -0.15) is 11.3 Å². The van der Waals surface area contributed by atoms with Gasteiger partial charge in [-0.15, -0.1) is 0 Å². The monoisotopic (exact) mass is 287 g/mol. The molecule has 0 aliphatic rings. The van der Waals surface area contributed by atoms with E-state index in [2.05, 4.69) is 60.3 Å². The van der Waals surface area contributed by atoms with Gasteiger partial charge < -0.3 is 5.32 Å². The second-order valence-corrected chi connectivity index (χ2v) is 6.23. The molecule has 0 saturated heterocycles. The smallest absolute Gasteiger partial charge is 0.00732 e. The van der Waals surface area contributed by atoms with Gasteiger partial charge in [-0.1, -0.05) is 36.8 Å². The number of thiophene rings is 1. The van der Waals surface area contributed by atoms with Crippen molar-refractivity contribution in [1.29, 1.82) is 0 Å². The maximum absolute atomic E-state index is 3.63. The number of nitrogens with one attached hydrogen (secondary N) is 1. The molecule has 1 nitrogen and oxygen atoms in total. The van der Waals surface area contributed by atoms with E-state index >= 15 is 0 Å². The molecule has 0 aliphatic heterocycles. The molecule has 20 heavy (non-hydrogen) atoms. The number of hydrogen-bond donors (Lipinski definition) is 1. The molecule has 1 aromatic heterocycles. The van der Waals surface area contributed by atoms with Gasteiger partial charge in [-0.05, 0) is 67.1 Å². The molecule has 108 valence electrons. The Morgan fingerprint density at radius 1 is 1.10 bits per heavy atom. The van der Waals surface area contributed by atoms with Gasteiger partial charge in [0.1, 0.15) is 0 Å². The van der Waals surface area contributed by atoms with Gasteiger partial charge >= 0.3 is 0 Å². The first-order valence-corrected chi connectivity index (χ1v) is 8.52. The minimum Gasteiger partial charge on any atom is -0.314 e. The molecule has 1 unspecified atom stereocenters. The first-order valence-electron chi connectivity index (χ1n) is 7.58. The van der Waals surface area contributed by atoms with Gasteiger partial charge in [-0.3, -0.25) is 0 Å². The Balaban J connectivity index is 1.82. The normalized spacial score (nSPS) is 12.5. The van der Waals surface area contributed by atoms with E-state index in [1.54, 1.807) is 11.3 Å². The second-order valence-electron chi connectivity index (χ2n) is 5.45. The van der Waals surface area contributed by atoms with Crippen molar-refractivity contribution in [3.8, 4) is 0 Å². The number of benzene rings is 1. The topological polar surface area (TPSA) is 12.0 Å². The molecule has 2 heteroatoms. The van der Waals surface area contributed by atoms with Crippen molar-refractivity contribution < 1.29 is 0 Å². The molecule has 1 heterocycles. The van der Waals surface area contributed by atoms with Crippen LogP contribution >= 0.6 is 11.3 Å². The van der Waals surface area contributed by atoms with Crippen molar-refractivity contribution in [2.75, 3.05) is 6.54 Å². The van der Waals surface area contributed by atoms with Gasteiger partial charge in [0, 0.05) is 6.04 Å². The first-order chi connectivity index (χ1) is 9.78. The summed E-state index contributed by atoms with van der Waals surface area (Å²) in [5.41, 5.74) is 4.30. The minimum atomic E-state index is 0.625. The van der Waals surface area contributed by atoms with Crippen LogP contribution in [-0.2, 0) is 12.8 Å². The summed E-state index contributed by atoms with van der Waals surface area (Å²) in [6, 6.07) is 11.8.